The Labute approximate surface area is 60.7 Å². The van der Waals surface area contributed by atoms with E-state index in [1.54, 1.807) is 6.08 Å². The Balaban J connectivity index is 2.38. The third kappa shape index (κ3) is 2.23. The van der Waals surface area contributed by atoms with Crippen molar-refractivity contribution in [1.29, 1.82) is 0 Å². The van der Waals surface area contributed by atoms with Crippen LogP contribution in [0.4, 0.5) is 0 Å². The van der Waals surface area contributed by atoms with E-state index in [0.29, 0.717) is 0 Å². The Morgan fingerprint density at radius 2 is 2.40 bits per heavy atom. The highest BCUT2D eigenvalue weighted by atomic mass is 17.1. The highest BCUT2D eigenvalue weighted by molar-refractivity contribution is 5.18. The minimum atomic E-state index is 1.11. The Hall–Kier alpha value is -0.760. The minimum absolute atomic E-state index is 1.11. The standard InChI is InChI=1S/C8H12O2/c9-10-7-6-8-4-2-1-3-5-8/h4,6-7,9H,1-3,5H2. The fourth-order valence-electron chi connectivity index (χ4n) is 1.13. The fraction of sp³-hybridized carbons (Fsp3) is 0.500. The summed E-state index contributed by atoms with van der Waals surface area (Å²) in [6, 6.07) is 0. The average molecular weight is 140 g/mol. The molecule has 10 heavy (non-hydrogen) atoms. The van der Waals surface area contributed by atoms with Crippen molar-refractivity contribution >= 4 is 0 Å². The first-order valence-electron chi connectivity index (χ1n) is 3.59. The van der Waals surface area contributed by atoms with Crippen LogP contribution in [0.1, 0.15) is 25.7 Å². The van der Waals surface area contributed by atoms with Gasteiger partial charge in [-0.2, -0.15) is 0 Å². The van der Waals surface area contributed by atoms with Crippen LogP contribution in [0.25, 0.3) is 0 Å². The highest BCUT2D eigenvalue weighted by Crippen LogP contribution is 2.17. The lowest BCUT2D eigenvalue weighted by Gasteiger charge is -2.06. The Bertz CT molecular complexity index is 147. The van der Waals surface area contributed by atoms with E-state index in [9.17, 15) is 0 Å². The van der Waals surface area contributed by atoms with Crippen molar-refractivity contribution in [2.24, 2.45) is 0 Å². The van der Waals surface area contributed by atoms with Crippen LogP contribution in [0, 0.1) is 0 Å². The zero-order chi connectivity index (χ0) is 7.23. The minimum Gasteiger partial charge on any atom is -0.348 e. The van der Waals surface area contributed by atoms with Crippen LogP contribution in [-0.2, 0) is 4.89 Å². The summed E-state index contributed by atoms with van der Waals surface area (Å²) in [6.07, 6.45) is 10.1. The van der Waals surface area contributed by atoms with E-state index in [0.717, 1.165) is 12.8 Å². The third-order valence-electron chi connectivity index (χ3n) is 1.67. The average Bonchev–Trinajstić information content (AvgIpc) is 2.03. The summed E-state index contributed by atoms with van der Waals surface area (Å²) in [4.78, 5) is 3.82. The lowest BCUT2D eigenvalue weighted by atomic mass is 10.00. The molecule has 56 valence electrons. The van der Waals surface area contributed by atoms with Crippen molar-refractivity contribution in [3.8, 4) is 0 Å². The summed E-state index contributed by atoms with van der Waals surface area (Å²) in [5.41, 5.74) is 1.26. The molecular formula is C8H12O2. The zero-order valence-corrected chi connectivity index (χ0v) is 5.92. The molecule has 0 bridgehead atoms. The predicted molar refractivity (Wildman–Crippen MR) is 39.4 cm³/mol. The van der Waals surface area contributed by atoms with Crippen LogP contribution in [0.2, 0.25) is 0 Å². The van der Waals surface area contributed by atoms with Crippen LogP contribution in [0.5, 0.6) is 0 Å². The molecule has 0 aromatic rings. The van der Waals surface area contributed by atoms with Crippen molar-refractivity contribution in [2.45, 2.75) is 25.7 Å². The van der Waals surface area contributed by atoms with Gasteiger partial charge in [-0.05, 0) is 37.3 Å². The van der Waals surface area contributed by atoms with Crippen LogP contribution in [0.3, 0.4) is 0 Å². The quantitative estimate of drug-likeness (QED) is 0.362. The van der Waals surface area contributed by atoms with Gasteiger partial charge >= 0.3 is 0 Å². The molecule has 0 heterocycles. The maximum Gasteiger partial charge on any atom is 0.129 e. The largest absolute Gasteiger partial charge is 0.348 e. The molecule has 0 aliphatic heterocycles. The highest BCUT2D eigenvalue weighted by Gasteiger charge is 1.98. The van der Waals surface area contributed by atoms with Crippen LogP contribution >= 0.6 is 0 Å². The third-order valence-corrected chi connectivity index (χ3v) is 1.67. The van der Waals surface area contributed by atoms with Gasteiger partial charge in [0.1, 0.15) is 6.26 Å². The van der Waals surface area contributed by atoms with Gasteiger partial charge in [0.05, 0.1) is 0 Å². The van der Waals surface area contributed by atoms with Gasteiger partial charge in [-0.25, -0.2) is 5.26 Å². The number of hydrogen-bond acceptors (Lipinski definition) is 2. The zero-order valence-electron chi connectivity index (χ0n) is 5.92. The normalized spacial score (nSPS) is 19.1. The summed E-state index contributed by atoms with van der Waals surface area (Å²) >= 11 is 0. The van der Waals surface area contributed by atoms with Gasteiger partial charge in [-0.1, -0.05) is 6.08 Å². The molecule has 0 radical (unpaired) electrons. The molecule has 0 unspecified atom stereocenters. The first-order chi connectivity index (χ1) is 4.93. The van der Waals surface area contributed by atoms with E-state index in [1.807, 2.05) is 0 Å². The topological polar surface area (TPSA) is 29.5 Å². The summed E-state index contributed by atoms with van der Waals surface area (Å²) < 4.78 is 0. The van der Waals surface area contributed by atoms with Gasteiger partial charge in [0.2, 0.25) is 0 Å². The molecule has 1 aliphatic rings. The Morgan fingerprint density at radius 3 is 3.00 bits per heavy atom. The van der Waals surface area contributed by atoms with Crippen molar-refractivity contribution < 1.29 is 10.1 Å². The SMILES string of the molecule is OOC=CC1=CCCCC1. The molecule has 0 aromatic carbocycles. The lowest BCUT2D eigenvalue weighted by Crippen LogP contribution is -1.88. The van der Waals surface area contributed by atoms with E-state index in [1.165, 1.54) is 24.7 Å². The van der Waals surface area contributed by atoms with Gasteiger partial charge in [0.15, 0.2) is 0 Å². The molecule has 0 saturated heterocycles. The molecule has 0 saturated carbocycles. The van der Waals surface area contributed by atoms with E-state index in [4.69, 9.17) is 5.26 Å². The van der Waals surface area contributed by atoms with Crippen molar-refractivity contribution in [1.82, 2.24) is 0 Å². The maximum absolute atomic E-state index is 7.98. The molecule has 2 heteroatoms. The van der Waals surface area contributed by atoms with Gasteiger partial charge < -0.3 is 4.89 Å². The van der Waals surface area contributed by atoms with E-state index in [-0.39, 0.29) is 0 Å². The summed E-state index contributed by atoms with van der Waals surface area (Å²) in [5.74, 6) is 0. The maximum atomic E-state index is 7.98. The van der Waals surface area contributed by atoms with Crippen molar-refractivity contribution in [2.75, 3.05) is 0 Å². The molecule has 0 aromatic heterocycles. The molecule has 0 amide bonds. The predicted octanol–water partition coefficient (Wildman–Crippen LogP) is 2.49. The Morgan fingerprint density at radius 1 is 1.50 bits per heavy atom. The van der Waals surface area contributed by atoms with E-state index < -0.39 is 0 Å². The van der Waals surface area contributed by atoms with Crippen molar-refractivity contribution in [3.63, 3.8) is 0 Å². The van der Waals surface area contributed by atoms with E-state index in [2.05, 4.69) is 11.0 Å². The first-order valence-corrected chi connectivity index (χ1v) is 3.59. The van der Waals surface area contributed by atoms with Gasteiger partial charge in [-0.15, -0.1) is 0 Å². The molecule has 1 aliphatic carbocycles. The fourth-order valence-corrected chi connectivity index (χ4v) is 1.13. The molecule has 0 spiro atoms. The summed E-state index contributed by atoms with van der Waals surface area (Å²) in [5, 5.41) is 7.98. The molecule has 1 N–H and O–H groups in total. The second-order valence-corrected chi connectivity index (χ2v) is 2.43. The van der Waals surface area contributed by atoms with Crippen LogP contribution in [0.15, 0.2) is 24.0 Å². The smallest absolute Gasteiger partial charge is 0.129 e. The monoisotopic (exact) mass is 140 g/mol. The lowest BCUT2D eigenvalue weighted by molar-refractivity contribution is -0.186. The summed E-state index contributed by atoms with van der Waals surface area (Å²) in [6.45, 7) is 0. The number of allylic oxidation sites excluding steroid dienone is 3. The molecule has 0 fully saturated rings. The second kappa shape index (κ2) is 4.12. The summed E-state index contributed by atoms with van der Waals surface area (Å²) in [7, 11) is 0. The molecule has 2 nitrogen and oxygen atoms in total. The second-order valence-electron chi connectivity index (χ2n) is 2.43. The molecule has 0 atom stereocenters. The number of hydrogen-bond donors (Lipinski definition) is 1. The van der Waals surface area contributed by atoms with E-state index >= 15 is 0 Å². The van der Waals surface area contributed by atoms with Gasteiger partial charge in [-0.3, -0.25) is 0 Å². The number of rotatable bonds is 2. The Kier molecular flexibility index (Phi) is 3.03. The molecule has 1 rings (SSSR count). The van der Waals surface area contributed by atoms with Crippen LogP contribution < -0.4 is 0 Å². The first kappa shape index (κ1) is 7.35. The van der Waals surface area contributed by atoms with Gasteiger partial charge in [0, 0.05) is 0 Å². The van der Waals surface area contributed by atoms with Gasteiger partial charge in [0.25, 0.3) is 0 Å². The molecular weight excluding hydrogens is 128 g/mol. The van der Waals surface area contributed by atoms with Crippen LogP contribution in [-0.4, -0.2) is 5.26 Å². The van der Waals surface area contributed by atoms with Crippen molar-refractivity contribution in [3.05, 3.63) is 24.0 Å².